The molecule has 2 heterocycles. The standard InChI is InChI=1S/C19H18FN3O2S/c20-18-6-8-19(9-7-18)22-11-13-23(14-12-22)26(24,25)15-2-1-4-17-5-3-10-21-16-17/h2-3,5-10,15-16H,11-14H2. The predicted molar refractivity (Wildman–Crippen MR) is 99.4 cm³/mol. The fraction of sp³-hybridized carbons (Fsp3) is 0.211. The van der Waals surface area contributed by atoms with Gasteiger partial charge in [-0.15, -0.1) is 0 Å². The van der Waals surface area contributed by atoms with Gasteiger partial charge >= 0.3 is 0 Å². The first kappa shape index (κ1) is 18.1. The third kappa shape index (κ3) is 4.69. The highest BCUT2D eigenvalue weighted by Gasteiger charge is 2.25. The van der Waals surface area contributed by atoms with Crippen molar-refractivity contribution in [3.63, 3.8) is 0 Å². The molecule has 1 saturated heterocycles. The van der Waals surface area contributed by atoms with Gasteiger partial charge in [0.25, 0.3) is 0 Å². The number of anilines is 1. The minimum atomic E-state index is -3.50. The van der Waals surface area contributed by atoms with Gasteiger partial charge in [-0.05, 0) is 36.4 Å². The quantitative estimate of drug-likeness (QED) is 0.777. The van der Waals surface area contributed by atoms with E-state index >= 15 is 0 Å². The Morgan fingerprint density at radius 3 is 2.46 bits per heavy atom. The molecule has 2 aromatic rings. The van der Waals surface area contributed by atoms with E-state index in [1.807, 2.05) is 4.90 Å². The smallest absolute Gasteiger partial charge is 0.236 e. The summed E-state index contributed by atoms with van der Waals surface area (Å²) < 4.78 is 39.2. The summed E-state index contributed by atoms with van der Waals surface area (Å²) in [6, 6.07) is 9.78. The SMILES string of the molecule is O=S(=O)(C=CC#Cc1cccnc1)N1CCN(c2ccc(F)cc2)CC1. The number of hydrogen-bond donors (Lipinski definition) is 0. The molecule has 5 nitrogen and oxygen atoms in total. The maximum absolute atomic E-state index is 13.0. The van der Waals surface area contributed by atoms with E-state index in [9.17, 15) is 12.8 Å². The van der Waals surface area contributed by atoms with Crippen LogP contribution in [0.2, 0.25) is 0 Å². The molecule has 0 atom stereocenters. The van der Waals surface area contributed by atoms with Crippen LogP contribution in [0.25, 0.3) is 0 Å². The number of halogens is 1. The molecule has 7 heteroatoms. The van der Waals surface area contributed by atoms with Gasteiger partial charge in [-0.2, -0.15) is 4.31 Å². The molecule has 1 fully saturated rings. The average Bonchev–Trinajstić information content (AvgIpc) is 2.67. The Labute approximate surface area is 152 Å². The van der Waals surface area contributed by atoms with Crippen LogP contribution in [-0.2, 0) is 10.0 Å². The fourth-order valence-electron chi connectivity index (χ4n) is 2.62. The summed E-state index contributed by atoms with van der Waals surface area (Å²) in [4.78, 5) is 5.98. The zero-order chi connectivity index (χ0) is 18.4. The Bertz CT molecular complexity index is 924. The topological polar surface area (TPSA) is 53.5 Å². The lowest BCUT2D eigenvalue weighted by atomic mass is 10.2. The number of hydrogen-bond acceptors (Lipinski definition) is 4. The van der Waals surface area contributed by atoms with E-state index in [1.165, 1.54) is 22.5 Å². The second kappa shape index (κ2) is 8.13. The summed E-state index contributed by atoms with van der Waals surface area (Å²) in [5, 5.41) is 1.13. The Kier molecular flexibility index (Phi) is 5.66. The van der Waals surface area contributed by atoms with Crippen molar-refractivity contribution in [2.24, 2.45) is 0 Å². The molecule has 1 aromatic carbocycles. The molecule has 26 heavy (non-hydrogen) atoms. The third-order valence-corrected chi connectivity index (χ3v) is 5.56. The van der Waals surface area contributed by atoms with Gasteiger partial charge in [0.15, 0.2) is 0 Å². The lowest BCUT2D eigenvalue weighted by Gasteiger charge is -2.34. The average molecular weight is 371 g/mol. The van der Waals surface area contributed by atoms with Crippen molar-refractivity contribution in [2.75, 3.05) is 31.1 Å². The molecule has 134 valence electrons. The highest BCUT2D eigenvalue weighted by Crippen LogP contribution is 2.18. The molecule has 0 radical (unpaired) electrons. The highest BCUT2D eigenvalue weighted by molar-refractivity contribution is 7.92. The van der Waals surface area contributed by atoms with Gasteiger partial charge in [-0.3, -0.25) is 4.98 Å². The van der Waals surface area contributed by atoms with Gasteiger partial charge in [0.2, 0.25) is 10.0 Å². The largest absolute Gasteiger partial charge is 0.369 e. The van der Waals surface area contributed by atoms with Crippen molar-refractivity contribution >= 4 is 15.7 Å². The maximum Gasteiger partial charge on any atom is 0.236 e. The molecule has 1 aromatic heterocycles. The number of benzene rings is 1. The van der Waals surface area contributed by atoms with E-state index in [0.717, 1.165) is 16.7 Å². The van der Waals surface area contributed by atoms with Crippen molar-refractivity contribution < 1.29 is 12.8 Å². The van der Waals surface area contributed by atoms with Gasteiger partial charge in [0, 0.05) is 55.9 Å². The van der Waals surface area contributed by atoms with Gasteiger partial charge in [0.05, 0.1) is 5.41 Å². The molecule has 3 rings (SSSR count). The van der Waals surface area contributed by atoms with Crippen LogP contribution in [0.3, 0.4) is 0 Å². The number of aromatic nitrogens is 1. The molecule has 1 aliphatic heterocycles. The second-order valence-electron chi connectivity index (χ2n) is 5.72. The summed E-state index contributed by atoms with van der Waals surface area (Å²) in [7, 11) is -3.50. The Morgan fingerprint density at radius 2 is 1.81 bits per heavy atom. The zero-order valence-electron chi connectivity index (χ0n) is 14.0. The Balaban J connectivity index is 1.58. The van der Waals surface area contributed by atoms with Crippen LogP contribution in [0, 0.1) is 17.7 Å². The molecule has 0 saturated carbocycles. The van der Waals surface area contributed by atoms with Crippen molar-refractivity contribution in [1.82, 2.24) is 9.29 Å². The van der Waals surface area contributed by atoms with E-state index in [1.54, 1.807) is 36.7 Å². The van der Waals surface area contributed by atoms with Crippen molar-refractivity contribution in [3.05, 3.63) is 71.7 Å². The van der Waals surface area contributed by atoms with Gasteiger partial charge in [-0.1, -0.05) is 11.8 Å². The summed E-state index contributed by atoms with van der Waals surface area (Å²) in [5.41, 5.74) is 1.61. The number of nitrogens with zero attached hydrogens (tertiary/aromatic N) is 3. The van der Waals surface area contributed by atoms with Gasteiger partial charge in [-0.25, -0.2) is 12.8 Å². The fourth-order valence-corrected chi connectivity index (χ4v) is 3.70. The zero-order valence-corrected chi connectivity index (χ0v) is 14.9. The van der Waals surface area contributed by atoms with Crippen LogP contribution >= 0.6 is 0 Å². The number of piperazine rings is 1. The molecular formula is C19H18FN3O2S. The molecule has 0 unspecified atom stereocenters. The maximum atomic E-state index is 13.0. The molecule has 0 bridgehead atoms. The van der Waals surface area contributed by atoms with E-state index in [0.29, 0.717) is 26.2 Å². The molecule has 0 N–H and O–H groups in total. The van der Waals surface area contributed by atoms with Crippen LogP contribution in [-0.4, -0.2) is 43.9 Å². The van der Waals surface area contributed by atoms with Crippen LogP contribution in [0.4, 0.5) is 10.1 Å². The van der Waals surface area contributed by atoms with Gasteiger partial charge < -0.3 is 4.90 Å². The van der Waals surface area contributed by atoms with Crippen LogP contribution < -0.4 is 4.90 Å². The first-order valence-corrected chi connectivity index (χ1v) is 9.64. The third-order valence-electron chi connectivity index (χ3n) is 3.99. The predicted octanol–water partition coefficient (Wildman–Crippen LogP) is 2.24. The molecule has 0 amide bonds. The minimum Gasteiger partial charge on any atom is -0.369 e. The summed E-state index contributed by atoms with van der Waals surface area (Å²) >= 11 is 0. The Morgan fingerprint density at radius 1 is 1.08 bits per heavy atom. The lowest BCUT2D eigenvalue weighted by molar-refractivity contribution is 0.390. The number of pyridine rings is 1. The monoisotopic (exact) mass is 371 g/mol. The lowest BCUT2D eigenvalue weighted by Crippen LogP contribution is -2.48. The summed E-state index contributed by atoms with van der Waals surface area (Å²) in [6.07, 6.45) is 4.61. The van der Waals surface area contributed by atoms with E-state index in [2.05, 4.69) is 16.8 Å². The van der Waals surface area contributed by atoms with E-state index < -0.39 is 10.0 Å². The molecule has 0 aliphatic carbocycles. The van der Waals surface area contributed by atoms with Crippen molar-refractivity contribution in [2.45, 2.75) is 0 Å². The normalized spacial score (nSPS) is 15.7. The Hall–Kier alpha value is -2.69. The van der Waals surface area contributed by atoms with Crippen molar-refractivity contribution in [1.29, 1.82) is 0 Å². The molecular weight excluding hydrogens is 353 g/mol. The number of allylic oxidation sites excluding steroid dienone is 1. The number of rotatable bonds is 3. The highest BCUT2D eigenvalue weighted by atomic mass is 32.2. The van der Waals surface area contributed by atoms with Crippen molar-refractivity contribution in [3.8, 4) is 11.8 Å². The number of sulfonamides is 1. The van der Waals surface area contributed by atoms with E-state index in [-0.39, 0.29) is 5.82 Å². The van der Waals surface area contributed by atoms with Crippen LogP contribution in [0.15, 0.2) is 60.3 Å². The minimum absolute atomic E-state index is 0.285. The first-order valence-electron chi connectivity index (χ1n) is 8.13. The summed E-state index contributed by atoms with van der Waals surface area (Å²) in [5.74, 6) is 5.26. The first-order chi connectivity index (χ1) is 12.5. The van der Waals surface area contributed by atoms with Gasteiger partial charge in [0.1, 0.15) is 5.82 Å². The second-order valence-corrected chi connectivity index (χ2v) is 7.54. The summed E-state index contributed by atoms with van der Waals surface area (Å²) in [6.45, 7) is 1.86. The van der Waals surface area contributed by atoms with Crippen LogP contribution in [0.1, 0.15) is 5.56 Å². The van der Waals surface area contributed by atoms with E-state index in [4.69, 9.17) is 0 Å². The van der Waals surface area contributed by atoms with Crippen LogP contribution in [0.5, 0.6) is 0 Å². The molecule has 1 aliphatic rings. The molecule has 0 spiro atoms.